The van der Waals surface area contributed by atoms with Crippen LogP contribution >= 0.6 is 0 Å². The van der Waals surface area contributed by atoms with E-state index in [9.17, 15) is 4.39 Å². The highest BCUT2D eigenvalue weighted by Gasteiger charge is 2.13. The maximum Gasteiger partial charge on any atom is 0.183 e. The van der Waals surface area contributed by atoms with Crippen LogP contribution in [-0.2, 0) is 6.54 Å². The van der Waals surface area contributed by atoms with E-state index >= 15 is 0 Å². The van der Waals surface area contributed by atoms with Gasteiger partial charge < -0.3 is 5.32 Å². The molecule has 4 heteroatoms. The third kappa shape index (κ3) is 4.38. The molecule has 0 bridgehead atoms. The molecule has 0 aliphatic carbocycles. The van der Waals surface area contributed by atoms with Crippen LogP contribution in [0.3, 0.4) is 0 Å². The van der Waals surface area contributed by atoms with E-state index in [2.05, 4.69) is 59.5 Å². The molecule has 30 heavy (non-hydrogen) atoms. The number of halogens is 1. The Labute approximate surface area is 176 Å². The molecule has 4 aromatic rings. The smallest absolute Gasteiger partial charge is 0.183 e. The first kappa shape index (κ1) is 19.8. The summed E-state index contributed by atoms with van der Waals surface area (Å²) in [5.41, 5.74) is 5.46. The van der Waals surface area contributed by atoms with Crippen LogP contribution in [0.15, 0.2) is 85.1 Å². The fourth-order valence-corrected chi connectivity index (χ4v) is 3.46. The fourth-order valence-electron chi connectivity index (χ4n) is 3.46. The van der Waals surface area contributed by atoms with Crippen LogP contribution in [0.1, 0.15) is 30.9 Å². The minimum Gasteiger partial charge on any atom is -0.363 e. The topological polar surface area (TPSA) is 37.8 Å². The minimum atomic E-state index is -0.457. The number of hydrogen-bond acceptors (Lipinski definition) is 3. The monoisotopic (exact) mass is 397 g/mol. The number of nitrogens with zero attached hydrogens (tertiary/aromatic N) is 2. The first-order valence-electron chi connectivity index (χ1n) is 10.1. The van der Waals surface area contributed by atoms with Crippen molar-refractivity contribution in [3.63, 3.8) is 0 Å². The van der Waals surface area contributed by atoms with E-state index < -0.39 is 5.82 Å². The molecule has 0 amide bonds. The summed E-state index contributed by atoms with van der Waals surface area (Å²) >= 11 is 0. The van der Waals surface area contributed by atoms with Gasteiger partial charge in [0, 0.05) is 12.1 Å². The Hall–Kier alpha value is -3.53. The lowest BCUT2D eigenvalue weighted by Crippen LogP contribution is -2.06. The van der Waals surface area contributed by atoms with Gasteiger partial charge in [0.25, 0.3) is 0 Å². The van der Waals surface area contributed by atoms with Gasteiger partial charge in [-0.2, -0.15) is 0 Å². The average Bonchev–Trinajstić information content (AvgIpc) is 2.79. The predicted molar refractivity (Wildman–Crippen MR) is 121 cm³/mol. The van der Waals surface area contributed by atoms with E-state index in [1.54, 1.807) is 0 Å². The second-order valence-corrected chi connectivity index (χ2v) is 7.55. The van der Waals surface area contributed by atoms with Crippen molar-refractivity contribution in [3.05, 3.63) is 102 Å². The van der Waals surface area contributed by atoms with Gasteiger partial charge in [-0.25, -0.2) is 14.4 Å². The summed E-state index contributed by atoms with van der Waals surface area (Å²) in [6.07, 6.45) is 1.24. The first-order valence-corrected chi connectivity index (χ1v) is 10.1. The van der Waals surface area contributed by atoms with Crippen molar-refractivity contribution in [2.45, 2.75) is 26.3 Å². The lowest BCUT2D eigenvalue weighted by Gasteiger charge is -2.13. The van der Waals surface area contributed by atoms with Crippen molar-refractivity contribution >= 4 is 5.82 Å². The summed E-state index contributed by atoms with van der Waals surface area (Å²) in [5, 5.41) is 3.12. The van der Waals surface area contributed by atoms with Crippen LogP contribution in [0.25, 0.3) is 22.5 Å². The molecule has 0 fully saturated rings. The molecule has 4 rings (SSSR count). The molecular weight excluding hydrogens is 373 g/mol. The SMILES string of the molecule is CC(C)c1ccccc1-c1ncc(F)c(NCc2ccc(-c3ccccc3)cc2)n1. The molecular formula is C26H24FN3. The number of nitrogens with one attached hydrogen (secondary N) is 1. The standard InChI is InChI=1S/C26H24FN3/c1-18(2)22-10-6-7-11-23(22)25-29-17-24(27)26(30-25)28-16-19-12-14-21(15-13-19)20-8-4-3-5-9-20/h3-15,17-18H,16H2,1-2H3,(H,28,29,30). The second kappa shape index (κ2) is 8.87. The number of benzene rings is 3. The van der Waals surface area contributed by atoms with Gasteiger partial charge in [-0.05, 0) is 28.2 Å². The van der Waals surface area contributed by atoms with Crippen LogP contribution in [0.2, 0.25) is 0 Å². The number of hydrogen-bond donors (Lipinski definition) is 1. The lowest BCUT2D eigenvalue weighted by atomic mass is 9.97. The molecule has 0 radical (unpaired) electrons. The zero-order valence-electron chi connectivity index (χ0n) is 17.1. The van der Waals surface area contributed by atoms with Crippen molar-refractivity contribution in [2.24, 2.45) is 0 Å². The Bertz CT molecular complexity index is 1120. The highest BCUT2D eigenvalue weighted by atomic mass is 19.1. The van der Waals surface area contributed by atoms with Gasteiger partial charge in [0.15, 0.2) is 17.5 Å². The molecule has 1 heterocycles. The van der Waals surface area contributed by atoms with Crippen LogP contribution in [0.4, 0.5) is 10.2 Å². The van der Waals surface area contributed by atoms with E-state index in [0.29, 0.717) is 18.3 Å². The van der Waals surface area contributed by atoms with Crippen molar-refractivity contribution < 1.29 is 4.39 Å². The molecule has 1 N–H and O–H groups in total. The molecule has 1 aromatic heterocycles. The molecule has 0 saturated heterocycles. The molecule has 0 unspecified atom stereocenters. The third-order valence-corrected chi connectivity index (χ3v) is 5.09. The van der Waals surface area contributed by atoms with Gasteiger partial charge in [-0.15, -0.1) is 0 Å². The predicted octanol–water partition coefficient (Wildman–Crippen LogP) is 6.69. The highest BCUT2D eigenvalue weighted by molar-refractivity contribution is 5.64. The quantitative estimate of drug-likeness (QED) is 0.394. The average molecular weight is 397 g/mol. The van der Waals surface area contributed by atoms with Gasteiger partial charge in [0.1, 0.15) is 0 Å². The van der Waals surface area contributed by atoms with Crippen LogP contribution < -0.4 is 5.32 Å². The van der Waals surface area contributed by atoms with Gasteiger partial charge in [0.05, 0.1) is 6.20 Å². The summed E-state index contributed by atoms with van der Waals surface area (Å²) in [6, 6.07) is 26.5. The number of aromatic nitrogens is 2. The van der Waals surface area contributed by atoms with E-state index in [4.69, 9.17) is 0 Å². The Morgan fingerprint density at radius 1 is 0.833 bits per heavy atom. The van der Waals surface area contributed by atoms with Crippen molar-refractivity contribution in [1.82, 2.24) is 9.97 Å². The first-order chi connectivity index (χ1) is 14.6. The van der Waals surface area contributed by atoms with Gasteiger partial charge >= 0.3 is 0 Å². The molecule has 150 valence electrons. The highest BCUT2D eigenvalue weighted by Crippen LogP contribution is 2.28. The molecule has 0 saturated carbocycles. The zero-order valence-corrected chi connectivity index (χ0v) is 17.1. The van der Waals surface area contributed by atoms with Crippen molar-refractivity contribution in [1.29, 1.82) is 0 Å². The van der Waals surface area contributed by atoms with Crippen molar-refractivity contribution in [2.75, 3.05) is 5.32 Å². The molecule has 0 spiro atoms. The third-order valence-electron chi connectivity index (χ3n) is 5.09. The zero-order chi connectivity index (χ0) is 20.9. The van der Waals surface area contributed by atoms with E-state index in [1.165, 1.54) is 11.8 Å². The summed E-state index contributed by atoms with van der Waals surface area (Å²) in [6.45, 7) is 4.73. The molecule has 0 aliphatic rings. The summed E-state index contributed by atoms with van der Waals surface area (Å²) in [5.74, 6) is 0.615. The molecule has 0 aliphatic heterocycles. The number of rotatable bonds is 6. The Balaban J connectivity index is 1.52. The van der Waals surface area contributed by atoms with Crippen molar-refractivity contribution in [3.8, 4) is 22.5 Å². The van der Waals surface area contributed by atoms with Crippen LogP contribution in [-0.4, -0.2) is 9.97 Å². The van der Waals surface area contributed by atoms with E-state index in [-0.39, 0.29) is 5.82 Å². The van der Waals surface area contributed by atoms with E-state index in [1.807, 2.05) is 48.5 Å². The van der Waals surface area contributed by atoms with Gasteiger partial charge in [-0.1, -0.05) is 92.7 Å². The molecule has 0 atom stereocenters. The van der Waals surface area contributed by atoms with Gasteiger partial charge in [-0.3, -0.25) is 0 Å². The largest absolute Gasteiger partial charge is 0.363 e. The summed E-state index contributed by atoms with van der Waals surface area (Å²) in [4.78, 5) is 8.69. The Morgan fingerprint density at radius 3 is 2.23 bits per heavy atom. The summed E-state index contributed by atoms with van der Waals surface area (Å²) < 4.78 is 14.3. The normalized spacial score (nSPS) is 10.9. The van der Waals surface area contributed by atoms with Crippen LogP contribution in [0.5, 0.6) is 0 Å². The summed E-state index contributed by atoms with van der Waals surface area (Å²) in [7, 11) is 0. The second-order valence-electron chi connectivity index (χ2n) is 7.55. The minimum absolute atomic E-state index is 0.214. The Kier molecular flexibility index (Phi) is 5.84. The van der Waals surface area contributed by atoms with E-state index in [0.717, 1.165) is 22.3 Å². The van der Waals surface area contributed by atoms with Gasteiger partial charge in [0.2, 0.25) is 0 Å². The maximum atomic E-state index is 14.3. The molecule has 3 nitrogen and oxygen atoms in total. The Morgan fingerprint density at radius 2 is 1.50 bits per heavy atom. The maximum absolute atomic E-state index is 14.3. The lowest BCUT2D eigenvalue weighted by molar-refractivity contribution is 0.617. The fraction of sp³-hybridized carbons (Fsp3) is 0.154. The van der Waals surface area contributed by atoms with Crippen LogP contribution in [0, 0.1) is 5.82 Å². The number of anilines is 1. The molecule has 3 aromatic carbocycles.